The third kappa shape index (κ3) is 2.72. The van der Waals surface area contributed by atoms with Crippen LogP contribution in [0.3, 0.4) is 0 Å². The van der Waals surface area contributed by atoms with Crippen molar-refractivity contribution in [1.82, 2.24) is 5.32 Å². The number of nitrogens with one attached hydrogen (secondary N) is 1. The Kier molecular flexibility index (Phi) is 3.23. The van der Waals surface area contributed by atoms with E-state index in [2.05, 4.69) is 11.9 Å². The first-order valence-electron chi connectivity index (χ1n) is 3.80. The molecule has 0 aromatic heterocycles. The molecule has 0 aliphatic heterocycles. The summed E-state index contributed by atoms with van der Waals surface area (Å²) in [6.45, 7) is 5.41. The van der Waals surface area contributed by atoms with Gasteiger partial charge in [-0.1, -0.05) is 6.08 Å². The molecule has 58 valence electrons. The lowest BCUT2D eigenvalue weighted by atomic mass is 10.3. The van der Waals surface area contributed by atoms with Crippen LogP contribution in [0.2, 0.25) is 0 Å². The van der Waals surface area contributed by atoms with Crippen LogP contribution in [0.25, 0.3) is 0 Å². The minimum absolute atomic E-state index is 0.347. The van der Waals surface area contributed by atoms with Crippen molar-refractivity contribution in [3.8, 4) is 0 Å². The lowest BCUT2D eigenvalue weighted by molar-refractivity contribution is 0.653. The van der Waals surface area contributed by atoms with Crippen LogP contribution in [0, 0.1) is 5.92 Å². The molecule has 1 atom stereocenters. The monoisotopic (exact) mass is 159 g/mol. The Hall–Kier alpha value is -0.0100. The third-order valence-electron chi connectivity index (χ3n) is 1.76. The van der Waals surface area contributed by atoms with Gasteiger partial charge in [0.25, 0.3) is 0 Å². The van der Waals surface area contributed by atoms with E-state index in [-0.39, 0.29) is 0 Å². The molecule has 1 N–H and O–H groups in total. The molecule has 1 nitrogen and oxygen atoms in total. The summed E-state index contributed by atoms with van der Waals surface area (Å²) in [4.78, 5) is 0. The number of rotatable bonds is 5. The van der Waals surface area contributed by atoms with Gasteiger partial charge in [0.15, 0.2) is 0 Å². The summed E-state index contributed by atoms with van der Waals surface area (Å²) >= 11 is 6.02. The van der Waals surface area contributed by atoms with Crippen molar-refractivity contribution in [2.45, 2.75) is 18.2 Å². The topological polar surface area (TPSA) is 12.0 Å². The molecule has 1 fully saturated rings. The van der Waals surface area contributed by atoms with Gasteiger partial charge in [0.2, 0.25) is 0 Å². The predicted molar refractivity (Wildman–Crippen MR) is 45.4 cm³/mol. The predicted octanol–water partition coefficient (Wildman–Crippen LogP) is 1.78. The molecule has 1 saturated carbocycles. The van der Waals surface area contributed by atoms with Crippen LogP contribution in [-0.2, 0) is 0 Å². The van der Waals surface area contributed by atoms with Crippen LogP contribution >= 0.6 is 11.6 Å². The van der Waals surface area contributed by atoms with Crippen molar-refractivity contribution in [3.05, 3.63) is 12.7 Å². The molecule has 0 heterocycles. The Bertz CT molecular complexity index is 110. The van der Waals surface area contributed by atoms with E-state index in [4.69, 9.17) is 11.6 Å². The molecule has 1 rings (SSSR count). The molecule has 0 saturated heterocycles. The fourth-order valence-corrected chi connectivity index (χ4v) is 1.31. The lowest BCUT2D eigenvalue weighted by Gasteiger charge is -2.06. The zero-order chi connectivity index (χ0) is 7.40. The van der Waals surface area contributed by atoms with Gasteiger partial charge in [-0.2, -0.15) is 0 Å². The molecule has 2 heteroatoms. The minimum Gasteiger partial charge on any atom is -0.312 e. The lowest BCUT2D eigenvalue weighted by Crippen LogP contribution is -2.24. The summed E-state index contributed by atoms with van der Waals surface area (Å²) in [6.07, 6.45) is 4.50. The van der Waals surface area contributed by atoms with E-state index >= 15 is 0 Å². The molecule has 0 amide bonds. The Morgan fingerprint density at radius 3 is 2.90 bits per heavy atom. The SMILES string of the molecule is C=CCNCC(Cl)C1CC1. The Morgan fingerprint density at radius 1 is 1.70 bits per heavy atom. The quantitative estimate of drug-likeness (QED) is 0.367. The standard InChI is InChI=1S/C8H14ClN/c1-2-5-10-6-8(9)7-3-4-7/h2,7-8,10H,1,3-6H2. The molecule has 0 aromatic carbocycles. The summed E-state index contributed by atoms with van der Waals surface area (Å²) in [7, 11) is 0. The zero-order valence-electron chi connectivity index (χ0n) is 6.15. The molecule has 10 heavy (non-hydrogen) atoms. The van der Waals surface area contributed by atoms with E-state index in [0.29, 0.717) is 5.38 Å². The first-order valence-corrected chi connectivity index (χ1v) is 4.24. The molecular formula is C8H14ClN. The molecule has 1 aliphatic carbocycles. The van der Waals surface area contributed by atoms with Crippen LogP contribution in [0.1, 0.15) is 12.8 Å². The molecule has 1 unspecified atom stereocenters. The van der Waals surface area contributed by atoms with E-state index in [0.717, 1.165) is 19.0 Å². The highest BCUT2D eigenvalue weighted by atomic mass is 35.5. The van der Waals surface area contributed by atoms with Gasteiger partial charge in [-0.3, -0.25) is 0 Å². The number of halogens is 1. The van der Waals surface area contributed by atoms with Gasteiger partial charge in [0, 0.05) is 18.5 Å². The smallest absolute Gasteiger partial charge is 0.0488 e. The minimum atomic E-state index is 0.347. The summed E-state index contributed by atoms with van der Waals surface area (Å²) in [6, 6.07) is 0. The molecule has 0 radical (unpaired) electrons. The number of hydrogen-bond acceptors (Lipinski definition) is 1. The van der Waals surface area contributed by atoms with E-state index in [1.165, 1.54) is 12.8 Å². The second-order valence-corrected chi connectivity index (χ2v) is 3.36. The van der Waals surface area contributed by atoms with Crippen molar-refractivity contribution in [3.63, 3.8) is 0 Å². The van der Waals surface area contributed by atoms with Crippen molar-refractivity contribution in [2.24, 2.45) is 5.92 Å². The van der Waals surface area contributed by atoms with Gasteiger partial charge < -0.3 is 5.32 Å². The van der Waals surface area contributed by atoms with Gasteiger partial charge in [-0.25, -0.2) is 0 Å². The van der Waals surface area contributed by atoms with Crippen molar-refractivity contribution in [2.75, 3.05) is 13.1 Å². The van der Waals surface area contributed by atoms with Gasteiger partial charge in [0.1, 0.15) is 0 Å². The average Bonchev–Trinajstić information content (AvgIpc) is 2.69. The first kappa shape index (κ1) is 8.09. The highest BCUT2D eigenvalue weighted by molar-refractivity contribution is 6.21. The third-order valence-corrected chi connectivity index (χ3v) is 2.27. The maximum absolute atomic E-state index is 6.02. The van der Waals surface area contributed by atoms with E-state index < -0.39 is 0 Å². The Labute approximate surface area is 67.5 Å². The molecule has 0 spiro atoms. The maximum atomic E-state index is 6.02. The van der Waals surface area contributed by atoms with Gasteiger partial charge in [-0.15, -0.1) is 18.2 Å². The summed E-state index contributed by atoms with van der Waals surface area (Å²) in [5.41, 5.74) is 0. The molecule has 1 aliphatic rings. The van der Waals surface area contributed by atoms with Crippen LogP contribution < -0.4 is 5.32 Å². The fraction of sp³-hybridized carbons (Fsp3) is 0.750. The highest BCUT2D eigenvalue weighted by Gasteiger charge is 2.28. The van der Waals surface area contributed by atoms with Crippen molar-refractivity contribution >= 4 is 11.6 Å². The summed E-state index contributed by atoms with van der Waals surface area (Å²) in [5, 5.41) is 3.55. The Balaban J connectivity index is 1.95. The largest absolute Gasteiger partial charge is 0.312 e. The van der Waals surface area contributed by atoms with E-state index in [1.54, 1.807) is 0 Å². The first-order chi connectivity index (χ1) is 4.84. The average molecular weight is 160 g/mol. The molecule has 0 bridgehead atoms. The fourth-order valence-electron chi connectivity index (χ4n) is 0.948. The van der Waals surface area contributed by atoms with Crippen molar-refractivity contribution in [1.29, 1.82) is 0 Å². The van der Waals surface area contributed by atoms with Gasteiger partial charge in [-0.05, 0) is 18.8 Å². The zero-order valence-corrected chi connectivity index (χ0v) is 6.90. The van der Waals surface area contributed by atoms with Crippen LogP contribution in [0.5, 0.6) is 0 Å². The summed E-state index contributed by atoms with van der Waals surface area (Å²) < 4.78 is 0. The Morgan fingerprint density at radius 2 is 2.40 bits per heavy atom. The summed E-state index contributed by atoms with van der Waals surface area (Å²) in [5.74, 6) is 0.791. The maximum Gasteiger partial charge on any atom is 0.0488 e. The van der Waals surface area contributed by atoms with Crippen molar-refractivity contribution < 1.29 is 0 Å². The van der Waals surface area contributed by atoms with Gasteiger partial charge >= 0.3 is 0 Å². The van der Waals surface area contributed by atoms with Crippen LogP contribution in [0.4, 0.5) is 0 Å². The highest BCUT2D eigenvalue weighted by Crippen LogP contribution is 2.35. The van der Waals surface area contributed by atoms with E-state index in [1.807, 2.05) is 6.08 Å². The normalized spacial score (nSPS) is 20.5. The molecule has 0 aromatic rings. The second kappa shape index (κ2) is 3.99. The van der Waals surface area contributed by atoms with Gasteiger partial charge in [0.05, 0.1) is 0 Å². The van der Waals surface area contributed by atoms with Crippen LogP contribution in [-0.4, -0.2) is 18.5 Å². The number of hydrogen-bond donors (Lipinski definition) is 1. The number of alkyl halides is 1. The second-order valence-electron chi connectivity index (χ2n) is 2.80. The van der Waals surface area contributed by atoms with E-state index in [9.17, 15) is 0 Å². The van der Waals surface area contributed by atoms with Crippen LogP contribution in [0.15, 0.2) is 12.7 Å². The molecular weight excluding hydrogens is 146 g/mol.